The Hall–Kier alpha value is -1.96. The topological polar surface area (TPSA) is 69.7 Å². The van der Waals surface area contributed by atoms with E-state index in [0.29, 0.717) is 37.1 Å². The van der Waals surface area contributed by atoms with Crippen molar-refractivity contribution < 1.29 is 13.2 Å². The van der Waals surface area contributed by atoms with E-state index in [1.807, 2.05) is 37.3 Å². The first kappa shape index (κ1) is 18.4. The second kappa shape index (κ2) is 7.22. The summed E-state index contributed by atoms with van der Waals surface area (Å²) < 4.78 is 27.6. The third-order valence-corrected chi connectivity index (χ3v) is 7.38. The Morgan fingerprint density at radius 3 is 2.37 bits per heavy atom. The summed E-state index contributed by atoms with van der Waals surface area (Å²) in [6.07, 6.45) is 2.13. The smallest absolute Gasteiger partial charge is 0.243 e. The van der Waals surface area contributed by atoms with E-state index in [0.717, 1.165) is 23.6 Å². The molecular weight excluding hydrogens is 362 g/mol. The summed E-state index contributed by atoms with van der Waals surface area (Å²) in [5, 5.41) is 4.97. The number of sulfonamides is 1. The lowest BCUT2D eigenvalue weighted by atomic mass is 10.1. The van der Waals surface area contributed by atoms with Crippen molar-refractivity contribution in [2.24, 2.45) is 0 Å². The van der Waals surface area contributed by atoms with Crippen molar-refractivity contribution in [2.45, 2.75) is 36.7 Å². The van der Waals surface area contributed by atoms with E-state index < -0.39 is 10.0 Å². The van der Waals surface area contributed by atoms with Gasteiger partial charge in [-0.3, -0.25) is 9.69 Å². The Morgan fingerprint density at radius 1 is 1.04 bits per heavy atom. The standard InChI is InChI=1S/C20H25N3O3S/c1-15(20(24)21-18-7-8-18)22-10-12-23(13-11-22)27(25,26)19-9-6-16-4-2-3-5-17(16)14-19/h2-6,9,14-15,18H,7-8,10-13H2,1H3,(H,21,24)/t15-/m0/s1. The maximum Gasteiger partial charge on any atom is 0.243 e. The maximum atomic E-state index is 13.0. The average Bonchev–Trinajstić information content (AvgIpc) is 3.51. The van der Waals surface area contributed by atoms with Crippen LogP contribution in [0.25, 0.3) is 10.8 Å². The highest BCUT2D eigenvalue weighted by molar-refractivity contribution is 7.89. The van der Waals surface area contributed by atoms with Gasteiger partial charge in [0.05, 0.1) is 10.9 Å². The van der Waals surface area contributed by atoms with Gasteiger partial charge in [0.1, 0.15) is 0 Å². The molecule has 27 heavy (non-hydrogen) atoms. The number of carbonyl (C=O) groups excluding carboxylic acids is 1. The van der Waals surface area contributed by atoms with Gasteiger partial charge in [-0.1, -0.05) is 30.3 Å². The average molecular weight is 388 g/mol. The molecule has 1 N–H and O–H groups in total. The number of benzene rings is 2. The molecule has 1 atom stereocenters. The fraction of sp³-hybridized carbons (Fsp3) is 0.450. The van der Waals surface area contributed by atoms with E-state index in [4.69, 9.17) is 0 Å². The zero-order chi connectivity index (χ0) is 19.0. The van der Waals surface area contributed by atoms with E-state index >= 15 is 0 Å². The van der Waals surface area contributed by atoms with E-state index in [1.54, 1.807) is 12.1 Å². The Morgan fingerprint density at radius 2 is 1.70 bits per heavy atom. The molecule has 1 saturated heterocycles. The summed E-state index contributed by atoms with van der Waals surface area (Å²) in [4.78, 5) is 14.6. The Balaban J connectivity index is 1.43. The van der Waals surface area contributed by atoms with Crippen LogP contribution < -0.4 is 5.32 Å². The van der Waals surface area contributed by atoms with Gasteiger partial charge >= 0.3 is 0 Å². The van der Waals surface area contributed by atoms with Crippen LogP contribution in [0.1, 0.15) is 19.8 Å². The molecule has 1 amide bonds. The Bertz CT molecular complexity index is 948. The van der Waals surface area contributed by atoms with Crippen molar-refractivity contribution in [1.82, 2.24) is 14.5 Å². The van der Waals surface area contributed by atoms with Crippen LogP contribution in [0.4, 0.5) is 0 Å². The van der Waals surface area contributed by atoms with E-state index in [-0.39, 0.29) is 11.9 Å². The molecule has 7 heteroatoms. The molecule has 1 heterocycles. The van der Waals surface area contributed by atoms with Gasteiger partial charge in [-0.25, -0.2) is 8.42 Å². The molecule has 1 aliphatic heterocycles. The van der Waals surface area contributed by atoms with Gasteiger partial charge in [0.25, 0.3) is 0 Å². The first-order valence-electron chi connectivity index (χ1n) is 9.48. The number of hydrogen-bond acceptors (Lipinski definition) is 4. The SMILES string of the molecule is C[C@@H](C(=O)NC1CC1)N1CCN(S(=O)(=O)c2ccc3ccccc3c2)CC1. The number of hydrogen-bond donors (Lipinski definition) is 1. The number of nitrogens with one attached hydrogen (secondary N) is 1. The van der Waals surface area contributed by atoms with Gasteiger partial charge in [-0.15, -0.1) is 0 Å². The highest BCUT2D eigenvalue weighted by Crippen LogP contribution is 2.23. The molecule has 2 aromatic carbocycles. The monoisotopic (exact) mass is 387 g/mol. The van der Waals surface area contributed by atoms with Crippen LogP contribution >= 0.6 is 0 Å². The lowest BCUT2D eigenvalue weighted by molar-refractivity contribution is -0.126. The van der Waals surface area contributed by atoms with Crippen LogP contribution in [-0.4, -0.2) is 61.8 Å². The number of piperazine rings is 1. The largest absolute Gasteiger partial charge is 0.352 e. The normalized spacial score (nSPS) is 20.5. The van der Waals surface area contributed by atoms with Crippen LogP contribution in [0.5, 0.6) is 0 Å². The van der Waals surface area contributed by atoms with Gasteiger partial charge in [0.2, 0.25) is 15.9 Å². The number of carbonyl (C=O) groups is 1. The van der Waals surface area contributed by atoms with Crippen LogP contribution in [0.2, 0.25) is 0 Å². The van der Waals surface area contributed by atoms with Crippen molar-refractivity contribution >= 4 is 26.7 Å². The molecule has 1 aliphatic carbocycles. The van der Waals surface area contributed by atoms with Gasteiger partial charge in [-0.05, 0) is 42.7 Å². The van der Waals surface area contributed by atoms with Gasteiger partial charge in [0, 0.05) is 32.2 Å². The minimum atomic E-state index is -3.53. The number of fused-ring (bicyclic) bond motifs is 1. The van der Waals surface area contributed by atoms with Crippen molar-refractivity contribution in [3.63, 3.8) is 0 Å². The minimum absolute atomic E-state index is 0.0448. The fourth-order valence-electron chi connectivity index (χ4n) is 3.52. The van der Waals surface area contributed by atoms with Gasteiger partial charge in [-0.2, -0.15) is 4.31 Å². The molecule has 0 unspecified atom stereocenters. The summed E-state index contributed by atoms with van der Waals surface area (Å²) in [6, 6.07) is 13.1. The molecule has 0 aromatic heterocycles. The Kier molecular flexibility index (Phi) is 4.92. The minimum Gasteiger partial charge on any atom is -0.352 e. The van der Waals surface area contributed by atoms with Gasteiger partial charge < -0.3 is 5.32 Å². The highest BCUT2D eigenvalue weighted by Gasteiger charge is 2.33. The molecule has 2 fully saturated rings. The van der Waals surface area contributed by atoms with Crippen LogP contribution in [0, 0.1) is 0 Å². The van der Waals surface area contributed by atoms with Crippen molar-refractivity contribution in [3.05, 3.63) is 42.5 Å². The molecule has 4 rings (SSSR count). The predicted octanol–water partition coefficient (Wildman–Crippen LogP) is 1.81. The van der Waals surface area contributed by atoms with E-state index in [1.165, 1.54) is 4.31 Å². The van der Waals surface area contributed by atoms with Gasteiger partial charge in [0.15, 0.2) is 0 Å². The summed E-state index contributed by atoms with van der Waals surface area (Å²) in [5.41, 5.74) is 0. The molecule has 2 aromatic rings. The number of nitrogens with zero attached hydrogens (tertiary/aromatic N) is 2. The fourth-order valence-corrected chi connectivity index (χ4v) is 4.98. The molecule has 1 saturated carbocycles. The Labute approximate surface area is 160 Å². The second-order valence-electron chi connectivity index (χ2n) is 7.41. The predicted molar refractivity (Wildman–Crippen MR) is 105 cm³/mol. The van der Waals surface area contributed by atoms with E-state index in [2.05, 4.69) is 10.2 Å². The molecule has 144 valence electrons. The number of amides is 1. The number of rotatable bonds is 5. The zero-order valence-corrected chi connectivity index (χ0v) is 16.3. The molecule has 6 nitrogen and oxygen atoms in total. The van der Waals surface area contributed by atoms with Crippen molar-refractivity contribution in [2.75, 3.05) is 26.2 Å². The van der Waals surface area contributed by atoms with Crippen molar-refractivity contribution in [1.29, 1.82) is 0 Å². The first-order valence-corrected chi connectivity index (χ1v) is 10.9. The summed E-state index contributed by atoms with van der Waals surface area (Å²) >= 11 is 0. The lowest BCUT2D eigenvalue weighted by Crippen LogP contribution is -2.55. The summed E-state index contributed by atoms with van der Waals surface area (Å²) in [6.45, 7) is 3.82. The molecular formula is C20H25N3O3S. The summed E-state index contributed by atoms with van der Waals surface area (Å²) in [5.74, 6) is 0.0448. The lowest BCUT2D eigenvalue weighted by Gasteiger charge is -2.36. The first-order chi connectivity index (χ1) is 12.9. The molecule has 0 bridgehead atoms. The van der Waals surface area contributed by atoms with Crippen LogP contribution in [-0.2, 0) is 14.8 Å². The molecule has 0 spiro atoms. The summed E-state index contributed by atoms with van der Waals surface area (Å²) in [7, 11) is -3.53. The quantitative estimate of drug-likeness (QED) is 0.850. The second-order valence-corrected chi connectivity index (χ2v) is 9.35. The van der Waals surface area contributed by atoms with E-state index in [9.17, 15) is 13.2 Å². The zero-order valence-electron chi connectivity index (χ0n) is 15.5. The molecule has 0 radical (unpaired) electrons. The third-order valence-electron chi connectivity index (χ3n) is 5.48. The van der Waals surface area contributed by atoms with Crippen molar-refractivity contribution in [3.8, 4) is 0 Å². The van der Waals surface area contributed by atoms with Crippen LogP contribution in [0.15, 0.2) is 47.4 Å². The van der Waals surface area contributed by atoms with Crippen LogP contribution in [0.3, 0.4) is 0 Å². The highest BCUT2D eigenvalue weighted by atomic mass is 32.2. The maximum absolute atomic E-state index is 13.0. The third kappa shape index (κ3) is 3.85. The molecule has 2 aliphatic rings.